The van der Waals surface area contributed by atoms with Crippen LogP contribution in [0.2, 0.25) is 0 Å². The van der Waals surface area contributed by atoms with Gasteiger partial charge in [-0.05, 0) is 12.1 Å². The largest absolute Gasteiger partial charge is 0.381 e. The molecule has 0 aliphatic carbocycles. The lowest BCUT2D eigenvalue weighted by Gasteiger charge is -2.46. The summed E-state index contributed by atoms with van der Waals surface area (Å²) < 4.78 is 12.5. The van der Waals surface area contributed by atoms with Gasteiger partial charge in [0.25, 0.3) is 0 Å². The minimum atomic E-state index is -1.06. The minimum Gasteiger partial charge on any atom is -0.381 e. The smallest absolute Gasteiger partial charge is 0.219 e. The molecule has 1 amide bonds. The molecule has 1 N–H and O–H groups in total. The zero-order chi connectivity index (χ0) is 11.1. The van der Waals surface area contributed by atoms with Crippen molar-refractivity contribution in [3.05, 3.63) is 29.8 Å². The first-order chi connectivity index (χ1) is 7.01. The monoisotopic (exact) mass is 210 g/mol. The van der Waals surface area contributed by atoms with Crippen LogP contribution in [0.5, 0.6) is 0 Å². The molecule has 2 heterocycles. The number of pyridine rings is 1. The summed E-state index contributed by atoms with van der Waals surface area (Å²) in [4.78, 5) is 15.9. The van der Waals surface area contributed by atoms with E-state index in [1.165, 1.54) is 30.2 Å². The van der Waals surface area contributed by atoms with Gasteiger partial charge in [-0.25, -0.2) is 4.98 Å². The van der Waals surface area contributed by atoms with Crippen molar-refractivity contribution < 1.29 is 14.3 Å². The van der Waals surface area contributed by atoms with Gasteiger partial charge in [-0.1, -0.05) is 0 Å². The molecule has 1 aromatic rings. The highest BCUT2D eigenvalue weighted by Gasteiger charge is 2.44. The Morgan fingerprint density at radius 1 is 1.60 bits per heavy atom. The number of carbonyl (C=O) groups is 1. The number of amides is 1. The number of rotatable bonds is 1. The molecule has 1 saturated heterocycles. The van der Waals surface area contributed by atoms with Crippen molar-refractivity contribution in [1.82, 2.24) is 9.88 Å². The first-order valence-corrected chi connectivity index (χ1v) is 4.61. The SMILES string of the molecule is CC(=O)N1CC(O)(c2ccc(F)nc2)C1. The molecule has 5 heteroatoms. The van der Waals surface area contributed by atoms with Crippen LogP contribution in [-0.4, -0.2) is 34.0 Å². The molecular formula is C10H11FN2O2. The number of nitrogens with zero attached hydrogens (tertiary/aromatic N) is 2. The van der Waals surface area contributed by atoms with Crippen molar-refractivity contribution in [1.29, 1.82) is 0 Å². The Hall–Kier alpha value is -1.49. The molecule has 1 aromatic heterocycles. The van der Waals surface area contributed by atoms with E-state index >= 15 is 0 Å². The third-order valence-corrected chi connectivity index (χ3v) is 2.61. The molecule has 15 heavy (non-hydrogen) atoms. The summed E-state index contributed by atoms with van der Waals surface area (Å²) in [5, 5.41) is 10.0. The Morgan fingerprint density at radius 2 is 2.27 bits per heavy atom. The lowest BCUT2D eigenvalue weighted by atomic mass is 9.87. The van der Waals surface area contributed by atoms with Gasteiger partial charge in [-0.2, -0.15) is 4.39 Å². The predicted molar refractivity (Wildman–Crippen MR) is 50.3 cm³/mol. The van der Waals surface area contributed by atoms with E-state index in [9.17, 15) is 14.3 Å². The van der Waals surface area contributed by atoms with Crippen LogP contribution in [0.1, 0.15) is 12.5 Å². The van der Waals surface area contributed by atoms with Crippen LogP contribution < -0.4 is 0 Å². The fraction of sp³-hybridized carbons (Fsp3) is 0.400. The third kappa shape index (κ3) is 1.70. The summed E-state index contributed by atoms with van der Waals surface area (Å²) in [6, 6.07) is 2.68. The molecule has 1 aliphatic heterocycles. The summed E-state index contributed by atoms with van der Waals surface area (Å²) in [7, 11) is 0. The van der Waals surface area contributed by atoms with Gasteiger partial charge < -0.3 is 10.0 Å². The Bertz CT molecular complexity index is 385. The van der Waals surface area contributed by atoms with Crippen molar-refractivity contribution in [3.63, 3.8) is 0 Å². The van der Waals surface area contributed by atoms with Crippen molar-refractivity contribution >= 4 is 5.91 Å². The average molecular weight is 210 g/mol. The van der Waals surface area contributed by atoms with Crippen LogP contribution in [0.4, 0.5) is 4.39 Å². The van der Waals surface area contributed by atoms with Crippen LogP contribution >= 0.6 is 0 Å². The van der Waals surface area contributed by atoms with Crippen LogP contribution in [0, 0.1) is 5.95 Å². The maximum Gasteiger partial charge on any atom is 0.219 e. The van der Waals surface area contributed by atoms with Gasteiger partial charge in [0.1, 0.15) is 5.60 Å². The first-order valence-electron chi connectivity index (χ1n) is 4.61. The molecule has 4 nitrogen and oxygen atoms in total. The van der Waals surface area contributed by atoms with Crippen molar-refractivity contribution in [2.45, 2.75) is 12.5 Å². The summed E-state index contributed by atoms with van der Waals surface area (Å²) in [5.74, 6) is -0.653. The molecule has 80 valence electrons. The Kier molecular flexibility index (Phi) is 2.19. The van der Waals surface area contributed by atoms with Gasteiger partial charge in [0, 0.05) is 18.7 Å². The second-order valence-electron chi connectivity index (χ2n) is 3.78. The second-order valence-corrected chi connectivity index (χ2v) is 3.78. The number of hydrogen-bond donors (Lipinski definition) is 1. The van der Waals surface area contributed by atoms with Crippen LogP contribution in [0.3, 0.4) is 0 Å². The molecule has 0 atom stereocenters. The van der Waals surface area contributed by atoms with Gasteiger partial charge in [0.2, 0.25) is 11.9 Å². The summed E-state index contributed by atoms with van der Waals surface area (Å²) in [6.45, 7) is 1.94. The minimum absolute atomic E-state index is 0.0743. The quantitative estimate of drug-likeness (QED) is 0.677. The highest BCUT2D eigenvalue weighted by molar-refractivity contribution is 5.74. The van der Waals surface area contributed by atoms with Gasteiger partial charge in [-0.3, -0.25) is 4.79 Å². The maximum atomic E-state index is 12.5. The topological polar surface area (TPSA) is 53.4 Å². The molecular weight excluding hydrogens is 199 g/mol. The van der Waals surface area contributed by atoms with E-state index in [4.69, 9.17) is 0 Å². The van der Waals surface area contributed by atoms with Crippen LogP contribution in [0.25, 0.3) is 0 Å². The molecule has 2 rings (SSSR count). The normalized spacial score (nSPS) is 18.5. The van der Waals surface area contributed by atoms with Gasteiger partial charge in [0.05, 0.1) is 13.1 Å². The van der Waals surface area contributed by atoms with E-state index in [-0.39, 0.29) is 19.0 Å². The van der Waals surface area contributed by atoms with Crippen molar-refractivity contribution in [2.24, 2.45) is 0 Å². The highest BCUT2D eigenvalue weighted by Crippen LogP contribution is 2.31. The van der Waals surface area contributed by atoms with Gasteiger partial charge in [-0.15, -0.1) is 0 Å². The zero-order valence-electron chi connectivity index (χ0n) is 8.27. The van der Waals surface area contributed by atoms with E-state index < -0.39 is 11.5 Å². The second kappa shape index (κ2) is 3.27. The molecule has 1 aliphatic rings. The molecule has 0 aromatic carbocycles. The number of halogens is 1. The van der Waals surface area contributed by atoms with Crippen LogP contribution in [-0.2, 0) is 10.4 Å². The fourth-order valence-electron chi connectivity index (χ4n) is 1.64. The molecule has 0 unspecified atom stereocenters. The van der Waals surface area contributed by atoms with E-state index in [1.54, 1.807) is 0 Å². The number of aliphatic hydroxyl groups is 1. The van der Waals surface area contributed by atoms with Gasteiger partial charge in [0.15, 0.2) is 0 Å². The van der Waals surface area contributed by atoms with E-state index in [0.29, 0.717) is 5.56 Å². The summed E-state index contributed by atoms with van der Waals surface area (Å²) in [6.07, 6.45) is 1.30. The first kappa shape index (κ1) is 10.0. The number of hydrogen-bond acceptors (Lipinski definition) is 3. The van der Waals surface area contributed by atoms with Gasteiger partial charge >= 0.3 is 0 Å². The molecule has 1 fully saturated rings. The fourth-order valence-corrected chi connectivity index (χ4v) is 1.64. The zero-order valence-corrected chi connectivity index (χ0v) is 8.27. The number of β-amino-alcohol motifs (C(OH)–C–C–N with tert-alkyl or cyclic N) is 1. The lowest BCUT2D eigenvalue weighted by molar-refractivity contribution is -0.154. The third-order valence-electron chi connectivity index (χ3n) is 2.61. The van der Waals surface area contributed by atoms with E-state index in [2.05, 4.69) is 4.98 Å². The predicted octanol–water partition coefficient (Wildman–Crippen LogP) is 0.270. The number of likely N-dealkylation sites (tertiary alicyclic amines) is 1. The van der Waals surface area contributed by atoms with E-state index in [1.807, 2.05) is 0 Å². The van der Waals surface area contributed by atoms with Crippen molar-refractivity contribution in [3.8, 4) is 0 Å². The summed E-state index contributed by atoms with van der Waals surface area (Å²) in [5.41, 5.74) is -0.520. The van der Waals surface area contributed by atoms with Crippen LogP contribution in [0.15, 0.2) is 18.3 Å². The maximum absolute atomic E-state index is 12.5. The Labute approximate surface area is 86.4 Å². The van der Waals surface area contributed by atoms with E-state index in [0.717, 1.165) is 0 Å². The molecule has 0 radical (unpaired) electrons. The standard InChI is InChI=1S/C10H11FN2O2/c1-7(14)13-5-10(15,6-13)8-2-3-9(11)12-4-8/h2-4,15H,5-6H2,1H3. The number of aromatic nitrogens is 1. The molecule has 0 bridgehead atoms. The lowest BCUT2D eigenvalue weighted by Crippen LogP contribution is -2.60. The summed E-state index contributed by atoms with van der Waals surface area (Å²) >= 11 is 0. The molecule has 0 saturated carbocycles. The average Bonchev–Trinajstić information content (AvgIpc) is 2.13. The molecule has 0 spiro atoms. The van der Waals surface area contributed by atoms with Crippen molar-refractivity contribution in [2.75, 3.05) is 13.1 Å². The highest BCUT2D eigenvalue weighted by atomic mass is 19.1. The Morgan fingerprint density at radius 3 is 2.73 bits per heavy atom. The number of carbonyl (C=O) groups excluding carboxylic acids is 1. The Balaban J connectivity index is 2.13.